The molecule has 0 aliphatic heterocycles. The second-order valence-electron chi connectivity index (χ2n) is 4.82. The summed E-state index contributed by atoms with van der Waals surface area (Å²) in [6.07, 6.45) is 2.67. The third kappa shape index (κ3) is 3.98. The molecule has 1 aliphatic carbocycles. The Labute approximate surface area is 120 Å². The summed E-state index contributed by atoms with van der Waals surface area (Å²) in [5.41, 5.74) is 0.130. The Morgan fingerprint density at radius 3 is 2.74 bits per heavy atom. The summed E-state index contributed by atoms with van der Waals surface area (Å²) in [5, 5.41) is 8.84. The van der Waals surface area contributed by atoms with Crippen LogP contribution < -0.4 is 0 Å². The molecule has 1 aromatic heterocycles. The van der Waals surface area contributed by atoms with Crippen molar-refractivity contribution in [2.24, 2.45) is 5.41 Å². The first-order chi connectivity index (χ1) is 9.04. The van der Waals surface area contributed by atoms with E-state index in [2.05, 4.69) is 0 Å². The van der Waals surface area contributed by atoms with Crippen LogP contribution in [-0.2, 0) is 15.3 Å². The van der Waals surface area contributed by atoms with Gasteiger partial charge in [-0.3, -0.25) is 4.79 Å². The first kappa shape index (κ1) is 14.4. The van der Waals surface area contributed by atoms with E-state index in [-0.39, 0.29) is 11.4 Å². The molecule has 0 unspecified atom stereocenters. The number of methoxy groups -OCH3 is 1. The second-order valence-corrected chi connectivity index (χ2v) is 6.97. The zero-order chi connectivity index (χ0) is 13.9. The number of carbonyl (C=O) groups is 2. The Morgan fingerprint density at radius 2 is 2.21 bits per heavy atom. The van der Waals surface area contributed by atoms with E-state index in [0.717, 1.165) is 29.2 Å². The molecule has 1 heterocycles. The number of ether oxygens (including phenoxy) is 1. The summed E-state index contributed by atoms with van der Waals surface area (Å²) in [4.78, 5) is 23.5. The lowest BCUT2D eigenvalue weighted by Gasteiger charge is -2.12. The maximum atomic E-state index is 11.3. The van der Waals surface area contributed by atoms with Crippen molar-refractivity contribution >= 4 is 35.0 Å². The van der Waals surface area contributed by atoms with E-state index < -0.39 is 5.97 Å². The first-order valence-electron chi connectivity index (χ1n) is 6.01. The highest BCUT2D eigenvalue weighted by Crippen LogP contribution is 2.51. The maximum Gasteiger partial charge on any atom is 0.345 e. The molecular weight excluding hydrogens is 284 g/mol. The van der Waals surface area contributed by atoms with Gasteiger partial charge in [-0.1, -0.05) is 0 Å². The van der Waals surface area contributed by atoms with Gasteiger partial charge in [-0.15, -0.1) is 11.3 Å². The van der Waals surface area contributed by atoms with E-state index in [0.29, 0.717) is 11.3 Å². The molecule has 1 fully saturated rings. The van der Waals surface area contributed by atoms with Crippen molar-refractivity contribution in [3.63, 3.8) is 0 Å². The van der Waals surface area contributed by atoms with Crippen LogP contribution >= 0.6 is 23.1 Å². The molecule has 2 rings (SSSR count). The fourth-order valence-electron chi connectivity index (χ4n) is 1.87. The molecule has 0 saturated heterocycles. The Bertz CT molecular complexity index is 477. The number of aromatic carboxylic acids is 1. The smallest absolute Gasteiger partial charge is 0.345 e. The van der Waals surface area contributed by atoms with Gasteiger partial charge >= 0.3 is 11.9 Å². The van der Waals surface area contributed by atoms with Gasteiger partial charge in [0.25, 0.3) is 0 Å². The van der Waals surface area contributed by atoms with Gasteiger partial charge in [0.05, 0.1) is 13.5 Å². The van der Waals surface area contributed by atoms with Gasteiger partial charge in [-0.25, -0.2) is 4.79 Å². The molecular formula is C13H16O4S2. The van der Waals surface area contributed by atoms with Crippen LogP contribution in [0.15, 0.2) is 12.1 Å². The van der Waals surface area contributed by atoms with E-state index >= 15 is 0 Å². The van der Waals surface area contributed by atoms with E-state index in [1.807, 2.05) is 6.07 Å². The fourth-order valence-corrected chi connectivity index (χ4v) is 4.22. The van der Waals surface area contributed by atoms with Crippen molar-refractivity contribution in [3.05, 3.63) is 21.9 Å². The molecule has 1 saturated carbocycles. The van der Waals surface area contributed by atoms with E-state index in [1.54, 1.807) is 17.8 Å². The highest BCUT2D eigenvalue weighted by molar-refractivity contribution is 7.98. The number of hydrogen-bond donors (Lipinski definition) is 1. The molecule has 104 valence electrons. The SMILES string of the molecule is COC(=O)CC1(CSCc2ccc(C(=O)O)s2)CC1. The van der Waals surface area contributed by atoms with Crippen molar-refractivity contribution in [1.29, 1.82) is 0 Å². The topological polar surface area (TPSA) is 63.6 Å². The van der Waals surface area contributed by atoms with Crippen LogP contribution in [0.5, 0.6) is 0 Å². The molecule has 6 heteroatoms. The summed E-state index contributed by atoms with van der Waals surface area (Å²) in [7, 11) is 1.42. The summed E-state index contributed by atoms with van der Waals surface area (Å²) in [5.74, 6) is 0.733. The van der Waals surface area contributed by atoms with Crippen molar-refractivity contribution in [3.8, 4) is 0 Å². The first-order valence-corrected chi connectivity index (χ1v) is 7.98. The highest BCUT2D eigenvalue weighted by Gasteiger charge is 2.44. The van der Waals surface area contributed by atoms with Crippen LogP contribution in [0.2, 0.25) is 0 Å². The number of hydrogen-bond acceptors (Lipinski definition) is 5. The normalized spacial score (nSPS) is 16.1. The standard InChI is InChI=1S/C13H16O4S2/c1-17-11(14)6-13(4-5-13)8-18-7-9-2-3-10(19-9)12(15)16/h2-3H,4-8H2,1H3,(H,15,16). The average Bonchev–Trinajstić information content (AvgIpc) is 2.95. The summed E-state index contributed by atoms with van der Waals surface area (Å²) in [6.45, 7) is 0. The van der Waals surface area contributed by atoms with E-state index in [4.69, 9.17) is 9.84 Å². The van der Waals surface area contributed by atoms with Gasteiger partial charge < -0.3 is 9.84 Å². The Morgan fingerprint density at radius 1 is 1.47 bits per heavy atom. The quantitative estimate of drug-likeness (QED) is 0.784. The second kappa shape index (κ2) is 5.96. The Balaban J connectivity index is 1.77. The summed E-state index contributed by atoms with van der Waals surface area (Å²) >= 11 is 3.08. The molecule has 4 nitrogen and oxygen atoms in total. The minimum Gasteiger partial charge on any atom is -0.477 e. The number of carbonyl (C=O) groups excluding carboxylic acids is 1. The zero-order valence-corrected chi connectivity index (χ0v) is 12.3. The third-order valence-electron chi connectivity index (χ3n) is 3.23. The highest BCUT2D eigenvalue weighted by atomic mass is 32.2. The van der Waals surface area contributed by atoms with Crippen molar-refractivity contribution in [2.45, 2.75) is 25.0 Å². The van der Waals surface area contributed by atoms with Crippen LogP contribution in [0.25, 0.3) is 0 Å². The van der Waals surface area contributed by atoms with Gasteiger partial charge in [0.15, 0.2) is 0 Å². The summed E-state index contributed by atoms with van der Waals surface area (Å²) in [6, 6.07) is 3.51. The number of carboxylic acids is 1. The average molecular weight is 300 g/mol. The molecule has 0 aromatic carbocycles. The van der Waals surface area contributed by atoms with Gasteiger partial charge in [-0.2, -0.15) is 11.8 Å². The predicted octanol–water partition coefficient (Wildman–Crippen LogP) is 3.02. The molecule has 1 aromatic rings. The number of carboxylic acid groups (broad SMARTS) is 1. The Hall–Kier alpha value is -1.01. The van der Waals surface area contributed by atoms with Gasteiger partial charge in [-0.05, 0) is 36.1 Å². The minimum absolute atomic E-state index is 0.130. The van der Waals surface area contributed by atoms with Crippen LogP contribution in [0.1, 0.15) is 33.8 Å². The number of esters is 1. The Kier molecular flexibility index (Phi) is 4.52. The van der Waals surface area contributed by atoms with Crippen LogP contribution in [0, 0.1) is 5.41 Å². The lowest BCUT2D eigenvalue weighted by molar-refractivity contribution is -0.141. The van der Waals surface area contributed by atoms with Crippen LogP contribution in [0.3, 0.4) is 0 Å². The monoisotopic (exact) mass is 300 g/mol. The van der Waals surface area contributed by atoms with Crippen LogP contribution in [0.4, 0.5) is 0 Å². The molecule has 0 spiro atoms. The predicted molar refractivity (Wildman–Crippen MR) is 75.7 cm³/mol. The zero-order valence-electron chi connectivity index (χ0n) is 10.7. The molecule has 0 amide bonds. The lowest BCUT2D eigenvalue weighted by atomic mass is 10.1. The van der Waals surface area contributed by atoms with Crippen molar-refractivity contribution in [2.75, 3.05) is 12.9 Å². The maximum absolute atomic E-state index is 11.3. The fraction of sp³-hybridized carbons (Fsp3) is 0.538. The van der Waals surface area contributed by atoms with E-state index in [9.17, 15) is 9.59 Å². The largest absolute Gasteiger partial charge is 0.477 e. The van der Waals surface area contributed by atoms with Crippen LogP contribution in [-0.4, -0.2) is 29.9 Å². The molecule has 0 bridgehead atoms. The third-order valence-corrected chi connectivity index (χ3v) is 5.82. The van der Waals surface area contributed by atoms with Gasteiger partial charge in [0.2, 0.25) is 0 Å². The van der Waals surface area contributed by atoms with Gasteiger partial charge in [0.1, 0.15) is 4.88 Å². The molecule has 0 radical (unpaired) electrons. The summed E-state index contributed by atoms with van der Waals surface area (Å²) < 4.78 is 4.71. The number of thiophene rings is 1. The molecule has 1 aliphatic rings. The number of thioether (sulfide) groups is 1. The minimum atomic E-state index is -0.870. The van der Waals surface area contributed by atoms with Crippen molar-refractivity contribution in [1.82, 2.24) is 0 Å². The van der Waals surface area contributed by atoms with Gasteiger partial charge in [0, 0.05) is 10.6 Å². The number of rotatable bonds is 7. The molecule has 19 heavy (non-hydrogen) atoms. The molecule has 0 atom stereocenters. The van der Waals surface area contributed by atoms with Crippen molar-refractivity contribution < 1.29 is 19.4 Å². The van der Waals surface area contributed by atoms with E-state index in [1.165, 1.54) is 18.4 Å². The molecule has 1 N–H and O–H groups in total. The lowest BCUT2D eigenvalue weighted by Crippen LogP contribution is -2.13.